The summed E-state index contributed by atoms with van der Waals surface area (Å²) < 4.78 is 10.9. The average Bonchev–Trinajstić information content (AvgIpc) is 2.74. The zero-order valence-corrected chi connectivity index (χ0v) is 17.4. The Morgan fingerprint density at radius 3 is 2.34 bits per heavy atom. The minimum atomic E-state index is 0.162. The van der Waals surface area contributed by atoms with Crippen molar-refractivity contribution in [1.29, 1.82) is 0 Å². The maximum atomic E-state index is 12.8. The van der Waals surface area contributed by atoms with Crippen LogP contribution in [-0.2, 0) is 11.3 Å². The van der Waals surface area contributed by atoms with Gasteiger partial charge in [0.15, 0.2) is 18.0 Å². The van der Waals surface area contributed by atoms with Gasteiger partial charge in [-0.15, -0.1) is 0 Å². The molecule has 0 radical (unpaired) electrons. The van der Waals surface area contributed by atoms with Crippen LogP contribution in [0.3, 0.4) is 0 Å². The van der Waals surface area contributed by atoms with Crippen molar-refractivity contribution in [3.8, 4) is 17.2 Å². The van der Waals surface area contributed by atoms with E-state index in [2.05, 4.69) is 4.90 Å². The second-order valence-corrected chi connectivity index (χ2v) is 7.35. The lowest BCUT2D eigenvalue weighted by molar-refractivity contribution is -0.885. The average molecular weight is 400 g/mol. The zero-order valence-electron chi connectivity index (χ0n) is 17.4. The van der Waals surface area contributed by atoms with Crippen molar-refractivity contribution in [1.82, 2.24) is 4.90 Å². The Hall–Kier alpha value is -2.93. The fraction of sp³-hybridized carbons (Fsp3) is 0.409. The molecule has 0 bridgehead atoms. The fourth-order valence-corrected chi connectivity index (χ4v) is 3.73. The first kappa shape index (κ1) is 20.8. The van der Waals surface area contributed by atoms with Gasteiger partial charge in [-0.3, -0.25) is 4.79 Å². The molecular weight excluding hydrogens is 370 g/mol. The number of benzene rings is 2. The van der Waals surface area contributed by atoms with Gasteiger partial charge in [0.25, 0.3) is 5.91 Å². The molecule has 1 unspecified atom stereocenters. The first-order valence-corrected chi connectivity index (χ1v) is 9.84. The number of para-hydroxylation sites is 1. The number of carbonyl (C=O) groups excluding carboxylic acids is 1. The van der Waals surface area contributed by atoms with Crippen LogP contribution in [0.4, 0.5) is 5.69 Å². The molecule has 0 aromatic heterocycles. The highest BCUT2D eigenvalue weighted by Gasteiger charge is 2.24. The molecule has 1 atom stereocenters. The standard InChI is InChI=1S/C22H29N3O4/c1-23(15-17-5-4-6-20(28-2)22(17)29-3)16-21(27)25-13-11-24(12-14-25)18-7-9-19(26)10-8-18/h4-10,26H,11-16H2,1-3H3/p+1. The molecule has 2 aromatic rings. The van der Waals surface area contributed by atoms with Crippen molar-refractivity contribution in [3.05, 3.63) is 48.0 Å². The maximum Gasteiger partial charge on any atom is 0.277 e. The Morgan fingerprint density at radius 1 is 1.03 bits per heavy atom. The molecule has 1 fully saturated rings. The zero-order chi connectivity index (χ0) is 20.8. The van der Waals surface area contributed by atoms with E-state index < -0.39 is 0 Å². The number of carbonyl (C=O) groups is 1. The number of nitrogens with zero attached hydrogens (tertiary/aromatic N) is 2. The highest BCUT2D eigenvalue weighted by molar-refractivity contribution is 5.77. The van der Waals surface area contributed by atoms with E-state index in [4.69, 9.17) is 9.47 Å². The van der Waals surface area contributed by atoms with Crippen molar-refractivity contribution in [2.24, 2.45) is 0 Å². The normalized spacial score (nSPS) is 15.1. The number of rotatable bonds is 7. The van der Waals surface area contributed by atoms with Gasteiger partial charge in [0.2, 0.25) is 0 Å². The predicted octanol–water partition coefficient (Wildman–Crippen LogP) is 0.773. The molecule has 0 aliphatic carbocycles. The van der Waals surface area contributed by atoms with Crippen LogP contribution in [-0.4, -0.2) is 69.9 Å². The third kappa shape index (κ3) is 5.12. The van der Waals surface area contributed by atoms with Gasteiger partial charge in [0.1, 0.15) is 12.3 Å². The Morgan fingerprint density at radius 2 is 1.72 bits per heavy atom. The Balaban J connectivity index is 1.52. The molecule has 1 amide bonds. The highest BCUT2D eigenvalue weighted by atomic mass is 16.5. The molecule has 1 aliphatic heterocycles. The highest BCUT2D eigenvalue weighted by Crippen LogP contribution is 2.30. The molecule has 3 rings (SSSR count). The summed E-state index contributed by atoms with van der Waals surface area (Å²) in [5.74, 6) is 1.86. The van der Waals surface area contributed by atoms with Crippen molar-refractivity contribution in [2.45, 2.75) is 6.54 Å². The third-order valence-corrected chi connectivity index (χ3v) is 5.28. The number of hydrogen-bond donors (Lipinski definition) is 2. The van der Waals surface area contributed by atoms with Crippen LogP contribution in [0.15, 0.2) is 42.5 Å². The topological polar surface area (TPSA) is 66.7 Å². The second-order valence-electron chi connectivity index (χ2n) is 7.35. The summed E-state index contributed by atoms with van der Waals surface area (Å²) >= 11 is 0. The number of nitrogens with one attached hydrogen (secondary N) is 1. The van der Waals surface area contributed by atoms with Crippen LogP contribution >= 0.6 is 0 Å². The fourth-order valence-electron chi connectivity index (χ4n) is 3.73. The predicted molar refractivity (Wildman–Crippen MR) is 112 cm³/mol. The number of phenols is 1. The van der Waals surface area contributed by atoms with Gasteiger partial charge in [0, 0.05) is 31.9 Å². The number of hydrogen-bond acceptors (Lipinski definition) is 5. The SMILES string of the molecule is COc1cccc(C[NH+](C)CC(=O)N2CCN(c3ccc(O)cc3)CC2)c1OC. The Bertz CT molecular complexity index is 817. The number of piperazine rings is 1. The quantitative estimate of drug-likeness (QED) is 0.719. The number of anilines is 1. The molecule has 156 valence electrons. The largest absolute Gasteiger partial charge is 0.508 e. The summed E-state index contributed by atoms with van der Waals surface area (Å²) in [6.07, 6.45) is 0. The molecule has 29 heavy (non-hydrogen) atoms. The first-order valence-electron chi connectivity index (χ1n) is 9.84. The molecule has 2 aromatic carbocycles. The van der Waals surface area contributed by atoms with Crippen molar-refractivity contribution in [2.75, 3.05) is 58.9 Å². The molecule has 1 heterocycles. The molecule has 7 heteroatoms. The number of ether oxygens (including phenoxy) is 2. The van der Waals surface area contributed by atoms with E-state index in [1.165, 1.54) is 0 Å². The maximum absolute atomic E-state index is 12.8. The summed E-state index contributed by atoms with van der Waals surface area (Å²) in [5, 5.41) is 9.43. The van der Waals surface area contributed by atoms with Crippen LogP contribution in [0.25, 0.3) is 0 Å². The number of phenolic OH excluding ortho intramolecular Hbond substituents is 1. The van der Waals surface area contributed by atoms with Crippen LogP contribution in [0.1, 0.15) is 5.56 Å². The van der Waals surface area contributed by atoms with Gasteiger partial charge < -0.3 is 29.3 Å². The van der Waals surface area contributed by atoms with E-state index in [-0.39, 0.29) is 11.7 Å². The second kappa shape index (κ2) is 9.52. The summed E-state index contributed by atoms with van der Waals surface area (Å²) in [4.78, 5) is 18.0. The van der Waals surface area contributed by atoms with E-state index in [1.54, 1.807) is 26.4 Å². The molecule has 1 saturated heterocycles. The number of amides is 1. The summed E-state index contributed by atoms with van der Waals surface area (Å²) in [6, 6.07) is 13.0. The molecule has 2 N–H and O–H groups in total. The Kier molecular flexibility index (Phi) is 6.82. The van der Waals surface area contributed by atoms with Crippen molar-refractivity contribution in [3.63, 3.8) is 0 Å². The minimum Gasteiger partial charge on any atom is -0.508 e. The molecule has 0 spiro atoms. The molecule has 7 nitrogen and oxygen atoms in total. The van der Waals surface area contributed by atoms with Gasteiger partial charge in [-0.25, -0.2) is 0 Å². The van der Waals surface area contributed by atoms with Gasteiger partial charge in [-0.2, -0.15) is 0 Å². The number of aromatic hydroxyl groups is 1. The molecule has 1 aliphatic rings. The molecule has 0 saturated carbocycles. The van der Waals surface area contributed by atoms with Gasteiger partial charge in [-0.1, -0.05) is 6.07 Å². The Labute approximate surface area is 172 Å². The lowest BCUT2D eigenvalue weighted by atomic mass is 10.1. The van der Waals surface area contributed by atoms with Gasteiger partial charge in [-0.05, 0) is 36.4 Å². The number of quaternary nitrogens is 1. The van der Waals surface area contributed by atoms with Crippen molar-refractivity contribution >= 4 is 11.6 Å². The summed E-state index contributed by atoms with van der Waals surface area (Å²) in [7, 11) is 5.28. The van der Waals surface area contributed by atoms with Gasteiger partial charge in [0.05, 0.1) is 26.8 Å². The van der Waals surface area contributed by atoms with E-state index >= 15 is 0 Å². The number of methoxy groups -OCH3 is 2. The summed E-state index contributed by atoms with van der Waals surface area (Å²) in [6.45, 7) is 4.10. The molecular formula is C22H30N3O4+. The smallest absolute Gasteiger partial charge is 0.277 e. The lowest BCUT2D eigenvalue weighted by Crippen LogP contribution is -3.09. The van der Waals surface area contributed by atoms with Crippen LogP contribution in [0.2, 0.25) is 0 Å². The first-order chi connectivity index (χ1) is 14.0. The van der Waals surface area contributed by atoms with E-state index in [0.29, 0.717) is 31.9 Å². The lowest BCUT2D eigenvalue weighted by Gasteiger charge is -2.36. The summed E-state index contributed by atoms with van der Waals surface area (Å²) in [5.41, 5.74) is 2.09. The third-order valence-electron chi connectivity index (χ3n) is 5.28. The van der Waals surface area contributed by atoms with Crippen LogP contribution in [0.5, 0.6) is 17.2 Å². The van der Waals surface area contributed by atoms with E-state index in [9.17, 15) is 9.90 Å². The van der Waals surface area contributed by atoms with Gasteiger partial charge >= 0.3 is 0 Å². The monoisotopic (exact) mass is 400 g/mol. The van der Waals surface area contributed by atoms with E-state index in [0.717, 1.165) is 35.0 Å². The van der Waals surface area contributed by atoms with Crippen molar-refractivity contribution < 1.29 is 24.3 Å². The van der Waals surface area contributed by atoms with Crippen LogP contribution < -0.4 is 19.3 Å². The van der Waals surface area contributed by atoms with E-state index in [1.807, 2.05) is 42.3 Å². The number of likely N-dealkylation sites (N-methyl/N-ethyl adjacent to an activating group) is 1. The minimum absolute atomic E-state index is 0.162. The van der Waals surface area contributed by atoms with Crippen LogP contribution in [0, 0.1) is 0 Å².